The summed E-state index contributed by atoms with van der Waals surface area (Å²) in [6.07, 6.45) is 7.64. The van der Waals surface area contributed by atoms with Crippen LogP contribution >= 0.6 is 23.8 Å². The number of piperidine rings is 1. The number of carbonyl (C=O) groups is 1. The second-order valence-corrected chi connectivity index (χ2v) is 7.44. The first kappa shape index (κ1) is 16.6. The van der Waals surface area contributed by atoms with E-state index in [1.54, 1.807) is 0 Å². The molecule has 0 aromatic heterocycles. The number of likely N-dealkylation sites (tertiary alicyclic amines) is 1. The highest BCUT2D eigenvalue weighted by molar-refractivity contribution is 7.80. The zero-order valence-electron chi connectivity index (χ0n) is 13.8. The molecule has 1 spiro atoms. The van der Waals surface area contributed by atoms with Gasteiger partial charge in [0.1, 0.15) is 5.60 Å². The molecule has 2 saturated heterocycles. The zero-order chi connectivity index (χ0) is 17.4. The minimum absolute atomic E-state index is 0.165. The van der Waals surface area contributed by atoms with Crippen molar-refractivity contribution in [3.8, 4) is 0 Å². The number of thiocarbonyl (C=S) groups is 1. The first-order valence-electron chi connectivity index (χ1n) is 8.53. The van der Waals surface area contributed by atoms with Gasteiger partial charge in [-0.3, -0.25) is 0 Å². The Morgan fingerprint density at radius 1 is 1.16 bits per heavy atom. The van der Waals surface area contributed by atoms with E-state index in [0.29, 0.717) is 10.1 Å². The number of nitrogens with zero attached hydrogens (tertiary/aromatic N) is 1. The molecule has 0 unspecified atom stereocenters. The summed E-state index contributed by atoms with van der Waals surface area (Å²) in [5, 5.41) is 4.64. The predicted molar refractivity (Wildman–Crippen MR) is 103 cm³/mol. The van der Waals surface area contributed by atoms with Gasteiger partial charge < -0.3 is 15.0 Å². The maximum Gasteiger partial charge on any atom is 0.339 e. The predicted octanol–water partition coefficient (Wildman–Crippen LogP) is 4.07. The fourth-order valence-corrected chi connectivity index (χ4v) is 4.19. The Balaban J connectivity index is 1.42. The number of fused-ring (bicyclic) bond motifs is 2. The van der Waals surface area contributed by atoms with Crippen molar-refractivity contribution >= 4 is 40.6 Å². The van der Waals surface area contributed by atoms with Gasteiger partial charge in [-0.15, -0.1) is 0 Å². The highest BCUT2D eigenvalue weighted by Gasteiger charge is 2.50. The molecule has 0 bridgehead atoms. The van der Waals surface area contributed by atoms with Crippen LogP contribution in [-0.4, -0.2) is 34.7 Å². The highest BCUT2D eigenvalue weighted by atomic mass is 35.5. The van der Waals surface area contributed by atoms with Crippen molar-refractivity contribution in [2.45, 2.75) is 31.3 Å². The SMILES string of the molecule is O=C1OC2(CCN(C(=S)Nc3ccc(Cl)cc3)CC2)C2=CCCC=C12. The van der Waals surface area contributed by atoms with Gasteiger partial charge in [0.25, 0.3) is 0 Å². The van der Waals surface area contributed by atoms with Crippen LogP contribution < -0.4 is 5.32 Å². The quantitative estimate of drug-likeness (QED) is 0.592. The van der Waals surface area contributed by atoms with Gasteiger partial charge in [0.05, 0.1) is 5.57 Å². The largest absolute Gasteiger partial charge is 0.450 e. The van der Waals surface area contributed by atoms with E-state index in [1.807, 2.05) is 30.3 Å². The number of rotatable bonds is 1. The fraction of sp³-hybridized carbons (Fsp3) is 0.368. The molecule has 0 amide bonds. The van der Waals surface area contributed by atoms with Crippen molar-refractivity contribution < 1.29 is 9.53 Å². The van der Waals surface area contributed by atoms with Crippen LogP contribution in [-0.2, 0) is 9.53 Å². The Labute approximate surface area is 157 Å². The van der Waals surface area contributed by atoms with E-state index in [0.717, 1.165) is 55.6 Å². The Hall–Kier alpha value is -1.85. The number of nitrogens with one attached hydrogen (secondary N) is 1. The third kappa shape index (κ3) is 3.07. The third-order valence-electron chi connectivity index (χ3n) is 5.11. The molecule has 1 aromatic rings. The number of hydrogen-bond acceptors (Lipinski definition) is 3. The van der Waals surface area contributed by atoms with Crippen molar-refractivity contribution in [3.05, 3.63) is 52.6 Å². The number of halogens is 1. The maximum atomic E-state index is 12.2. The van der Waals surface area contributed by atoms with E-state index >= 15 is 0 Å². The van der Waals surface area contributed by atoms with Gasteiger partial charge in [0.15, 0.2) is 5.11 Å². The smallest absolute Gasteiger partial charge is 0.339 e. The molecule has 25 heavy (non-hydrogen) atoms. The van der Waals surface area contributed by atoms with E-state index in [2.05, 4.69) is 16.3 Å². The third-order valence-corrected chi connectivity index (χ3v) is 5.72. The average Bonchev–Trinajstić information content (AvgIpc) is 2.90. The average molecular weight is 375 g/mol. The highest BCUT2D eigenvalue weighted by Crippen LogP contribution is 2.45. The molecule has 4 nitrogen and oxygen atoms in total. The molecule has 1 aromatic carbocycles. The lowest BCUT2D eigenvalue weighted by Gasteiger charge is -2.40. The zero-order valence-corrected chi connectivity index (χ0v) is 15.3. The van der Waals surface area contributed by atoms with Crippen molar-refractivity contribution in [2.75, 3.05) is 18.4 Å². The molecule has 130 valence electrons. The van der Waals surface area contributed by atoms with Crippen molar-refractivity contribution in [1.82, 2.24) is 4.90 Å². The van der Waals surface area contributed by atoms with Crippen LogP contribution in [0.3, 0.4) is 0 Å². The number of esters is 1. The Bertz CT molecular complexity index is 777. The summed E-state index contributed by atoms with van der Waals surface area (Å²) in [5.41, 5.74) is 2.35. The maximum absolute atomic E-state index is 12.2. The van der Waals surface area contributed by atoms with Crippen LogP contribution in [0, 0.1) is 0 Å². The molecule has 1 aliphatic carbocycles. The number of hydrogen-bond donors (Lipinski definition) is 1. The van der Waals surface area contributed by atoms with Crippen molar-refractivity contribution in [2.24, 2.45) is 0 Å². The van der Waals surface area contributed by atoms with Gasteiger partial charge in [-0.2, -0.15) is 0 Å². The van der Waals surface area contributed by atoms with E-state index < -0.39 is 5.60 Å². The minimum atomic E-state index is -0.449. The van der Waals surface area contributed by atoms with Gasteiger partial charge in [-0.1, -0.05) is 23.8 Å². The molecule has 0 atom stereocenters. The molecule has 4 rings (SSSR count). The monoisotopic (exact) mass is 374 g/mol. The number of benzene rings is 1. The molecular weight excluding hydrogens is 356 g/mol. The molecule has 2 aliphatic heterocycles. The number of carbonyl (C=O) groups excluding carboxylic acids is 1. The van der Waals surface area contributed by atoms with Crippen LogP contribution in [0.15, 0.2) is 47.6 Å². The number of anilines is 1. The van der Waals surface area contributed by atoms with Crippen LogP contribution in [0.4, 0.5) is 5.69 Å². The topological polar surface area (TPSA) is 41.6 Å². The minimum Gasteiger partial charge on any atom is -0.450 e. The summed E-state index contributed by atoms with van der Waals surface area (Å²) in [6, 6.07) is 7.48. The number of allylic oxidation sites excluding steroid dienone is 2. The van der Waals surface area contributed by atoms with E-state index in [4.69, 9.17) is 28.6 Å². The summed E-state index contributed by atoms with van der Waals surface area (Å²) in [7, 11) is 0. The molecule has 1 N–H and O–H groups in total. The number of ether oxygens (including phenoxy) is 1. The van der Waals surface area contributed by atoms with Crippen LogP contribution in [0.5, 0.6) is 0 Å². The van der Waals surface area contributed by atoms with Gasteiger partial charge >= 0.3 is 5.97 Å². The van der Waals surface area contributed by atoms with Gasteiger partial charge in [-0.25, -0.2) is 4.79 Å². The van der Waals surface area contributed by atoms with E-state index in [9.17, 15) is 4.79 Å². The fourth-order valence-electron chi connectivity index (χ4n) is 3.77. The lowest BCUT2D eigenvalue weighted by atomic mass is 9.80. The standard InChI is InChI=1S/C19H19ClN2O2S/c20-13-5-7-14(8-6-13)21-18(25)22-11-9-19(10-12-22)16-4-2-1-3-15(16)17(23)24-19/h3-8H,1-2,9-12H2,(H,21,25). The second-order valence-electron chi connectivity index (χ2n) is 6.62. The van der Waals surface area contributed by atoms with Crippen LogP contribution in [0.25, 0.3) is 0 Å². The first-order valence-corrected chi connectivity index (χ1v) is 9.32. The van der Waals surface area contributed by atoms with Crippen molar-refractivity contribution in [3.63, 3.8) is 0 Å². The van der Waals surface area contributed by atoms with E-state index in [-0.39, 0.29) is 5.97 Å². The van der Waals surface area contributed by atoms with E-state index in [1.165, 1.54) is 0 Å². The Morgan fingerprint density at radius 2 is 1.84 bits per heavy atom. The van der Waals surface area contributed by atoms with Gasteiger partial charge in [-0.05, 0) is 49.3 Å². The van der Waals surface area contributed by atoms with Gasteiger partial charge in [0.2, 0.25) is 0 Å². The molecule has 2 heterocycles. The molecular formula is C19H19ClN2O2S. The molecule has 0 radical (unpaired) electrons. The molecule has 2 fully saturated rings. The summed E-state index contributed by atoms with van der Waals surface area (Å²) in [4.78, 5) is 14.3. The first-order chi connectivity index (χ1) is 12.1. The van der Waals surface area contributed by atoms with Crippen molar-refractivity contribution in [1.29, 1.82) is 0 Å². The summed E-state index contributed by atoms with van der Waals surface area (Å²) >= 11 is 11.4. The molecule has 6 heteroatoms. The lowest BCUT2D eigenvalue weighted by Crippen LogP contribution is -2.48. The van der Waals surface area contributed by atoms with Gasteiger partial charge in [0, 0.05) is 42.2 Å². The van der Waals surface area contributed by atoms with Crippen LogP contribution in [0.1, 0.15) is 25.7 Å². The Morgan fingerprint density at radius 3 is 2.56 bits per heavy atom. The Kier molecular flexibility index (Phi) is 4.29. The molecule has 0 saturated carbocycles. The summed E-state index contributed by atoms with van der Waals surface area (Å²) < 4.78 is 5.82. The van der Waals surface area contributed by atoms with Crippen LogP contribution in [0.2, 0.25) is 5.02 Å². The molecule has 3 aliphatic rings. The normalized spacial score (nSPS) is 21.3. The second kappa shape index (κ2) is 6.46. The summed E-state index contributed by atoms with van der Waals surface area (Å²) in [6.45, 7) is 1.52. The lowest BCUT2D eigenvalue weighted by molar-refractivity contribution is -0.147. The summed E-state index contributed by atoms with van der Waals surface area (Å²) in [5.74, 6) is -0.165.